The molecule has 3 heterocycles. The van der Waals surface area contributed by atoms with Crippen molar-refractivity contribution in [2.45, 2.75) is 77.4 Å². The smallest absolute Gasteiger partial charge is 0.326 e. The number of hydrogen-bond donors (Lipinski definition) is 3. The number of amides is 3. The van der Waals surface area contributed by atoms with Gasteiger partial charge in [0, 0.05) is 37.0 Å². The quantitative estimate of drug-likeness (QED) is 0.400. The molecule has 3 amide bonds. The minimum atomic E-state index is -1.18. The first-order chi connectivity index (χ1) is 18.8. The van der Waals surface area contributed by atoms with Gasteiger partial charge in [-0.1, -0.05) is 56.1 Å². The van der Waals surface area contributed by atoms with E-state index < -0.39 is 29.9 Å². The highest BCUT2D eigenvalue weighted by molar-refractivity contribution is 6.40. The number of carbonyl (C=O) groups is 4. The molecule has 2 aromatic rings. The van der Waals surface area contributed by atoms with Crippen LogP contribution in [0.15, 0.2) is 36.7 Å². The molecule has 214 valence electrons. The van der Waals surface area contributed by atoms with Gasteiger partial charge in [-0.25, -0.2) is 4.79 Å². The van der Waals surface area contributed by atoms with Crippen LogP contribution < -0.4 is 10.6 Å². The van der Waals surface area contributed by atoms with Gasteiger partial charge in [0.25, 0.3) is 5.91 Å². The number of carboxylic acids is 1. The Bertz CT molecular complexity index is 1270. The van der Waals surface area contributed by atoms with Crippen LogP contribution in [-0.4, -0.2) is 56.8 Å². The molecule has 2 bridgehead atoms. The molecule has 0 spiro atoms. The lowest BCUT2D eigenvalue weighted by molar-refractivity contribution is -0.156. The number of pyridine rings is 1. The van der Waals surface area contributed by atoms with Gasteiger partial charge >= 0.3 is 5.97 Å². The summed E-state index contributed by atoms with van der Waals surface area (Å²) in [6.07, 6.45) is 6.45. The lowest BCUT2D eigenvalue weighted by Crippen LogP contribution is -2.64. The monoisotopic (exact) mass is 588 g/mol. The van der Waals surface area contributed by atoms with Crippen molar-refractivity contribution in [3.8, 4) is 0 Å². The molecular formula is C29H34Cl2N4O5. The maximum absolute atomic E-state index is 13.5. The Morgan fingerprint density at radius 3 is 2.17 bits per heavy atom. The van der Waals surface area contributed by atoms with Gasteiger partial charge in [0.2, 0.25) is 11.8 Å². The SMILES string of the molecule is CC(C)(C)CC(=O)N1C2CCC(CC2)[C@H]1C(=O)N[C@@H](Cc1ccc(NC(=O)c2c(Cl)cncc2Cl)cc1)C(=O)O. The van der Waals surface area contributed by atoms with Crippen molar-refractivity contribution in [1.29, 1.82) is 0 Å². The third-order valence-corrected chi connectivity index (χ3v) is 8.04. The largest absolute Gasteiger partial charge is 0.480 e. The van der Waals surface area contributed by atoms with E-state index in [9.17, 15) is 24.3 Å². The van der Waals surface area contributed by atoms with Crippen LogP contribution >= 0.6 is 23.2 Å². The summed E-state index contributed by atoms with van der Waals surface area (Å²) >= 11 is 12.1. The Balaban J connectivity index is 1.43. The van der Waals surface area contributed by atoms with Crippen LogP contribution in [0.4, 0.5) is 5.69 Å². The molecule has 1 saturated carbocycles. The summed E-state index contributed by atoms with van der Waals surface area (Å²) in [6.45, 7) is 5.97. The van der Waals surface area contributed by atoms with E-state index in [-0.39, 0.29) is 45.3 Å². The highest BCUT2D eigenvalue weighted by atomic mass is 35.5. The fourth-order valence-corrected chi connectivity index (χ4v) is 6.17. The van der Waals surface area contributed by atoms with Gasteiger partial charge < -0.3 is 20.6 Å². The van der Waals surface area contributed by atoms with Crippen LogP contribution in [0.2, 0.25) is 10.0 Å². The number of rotatable bonds is 8. The summed E-state index contributed by atoms with van der Waals surface area (Å²) < 4.78 is 0. The molecule has 2 aliphatic heterocycles. The number of nitrogens with zero attached hydrogens (tertiary/aromatic N) is 2. The molecule has 9 nitrogen and oxygen atoms in total. The van der Waals surface area contributed by atoms with Crippen molar-refractivity contribution in [3.05, 3.63) is 57.8 Å². The Labute approximate surface area is 243 Å². The van der Waals surface area contributed by atoms with Gasteiger partial charge in [0.1, 0.15) is 12.1 Å². The van der Waals surface area contributed by atoms with E-state index in [0.29, 0.717) is 17.7 Å². The van der Waals surface area contributed by atoms with Gasteiger partial charge in [-0.05, 0) is 54.7 Å². The first kappa shape index (κ1) is 29.8. The molecule has 11 heteroatoms. The summed E-state index contributed by atoms with van der Waals surface area (Å²) in [5, 5.41) is 15.6. The molecule has 1 aromatic heterocycles. The van der Waals surface area contributed by atoms with Gasteiger partial charge in [-0.2, -0.15) is 0 Å². The van der Waals surface area contributed by atoms with Gasteiger partial charge in [0.05, 0.1) is 15.6 Å². The fourth-order valence-electron chi connectivity index (χ4n) is 5.63. The van der Waals surface area contributed by atoms with Crippen LogP contribution in [-0.2, 0) is 20.8 Å². The van der Waals surface area contributed by atoms with Gasteiger partial charge in [-0.15, -0.1) is 0 Å². The zero-order valence-corrected chi connectivity index (χ0v) is 24.3. The standard InChI is InChI=1S/C29H34Cl2N4O5/c1-29(2,3)13-23(36)35-19-10-6-17(7-11-19)25(35)27(38)34-22(28(39)40)12-16-4-8-18(9-5-16)33-26(37)24-20(30)14-32-15-21(24)31/h4-5,8-9,14-15,17,19,22,25H,6-7,10-13H2,1-3H3,(H,33,37)(H,34,38)(H,39,40)/t17?,19?,22-,25-/m0/s1. The number of aliphatic carboxylic acids is 1. The summed E-state index contributed by atoms with van der Waals surface area (Å²) in [6, 6.07) is 4.78. The second-order valence-corrected chi connectivity index (χ2v) is 12.6. The number of carboxylic acid groups (broad SMARTS) is 1. The molecule has 5 rings (SSSR count). The van der Waals surface area contributed by atoms with Crippen LogP contribution in [0.5, 0.6) is 0 Å². The maximum Gasteiger partial charge on any atom is 0.326 e. The van der Waals surface area contributed by atoms with Gasteiger partial charge in [-0.3, -0.25) is 19.4 Å². The van der Waals surface area contributed by atoms with E-state index in [1.165, 1.54) is 12.4 Å². The number of halogens is 2. The van der Waals surface area contributed by atoms with Crippen molar-refractivity contribution in [3.63, 3.8) is 0 Å². The van der Waals surface area contributed by atoms with E-state index in [1.54, 1.807) is 29.2 Å². The van der Waals surface area contributed by atoms with E-state index in [4.69, 9.17) is 23.2 Å². The van der Waals surface area contributed by atoms with E-state index in [2.05, 4.69) is 15.6 Å². The average Bonchev–Trinajstić information content (AvgIpc) is 2.88. The summed E-state index contributed by atoms with van der Waals surface area (Å²) in [4.78, 5) is 57.1. The number of aromatic nitrogens is 1. The minimum Gasteiger partial charge on any atom is -0.480 e. The molecule has 2 atom stereocenters. The molecule has 3 fully saturated rings. The van der Waals surface area contributed by atoms with Crippen LogP contribution in [0, 0.1) is 11.3 Å². The number of fused-ring (bicyclic) bond motifs is 3. The minimum absolute atomic E-state index is 0.0125. The zero-order chi connectivity index (χ0) is 29.2. The average molecular weight is 590 g/mol. The second kappa shape index (κ2) is 12.1. The molecule has 0 radical (unpaired) electrons. The first-order valence-corrected chi connectivity index (χ1v) is 14.1. The van der Waals surface area contributed by atoms with Crippen molar-refractivity contribution in [2.75, 3.05) is 5.32 Å². The number of piperidine rings is 2. The molecule has 0 unspecified atom stereocenters. The Hall–Kier alpha value is -3.17. The van der Waals surface area contributed by atoms with Crippen molar-refractivity contribution < 1.29 is 24.3 Å². The third-order valence-electron chi connectivity index (χ3n) is 7.47. The number of hydrogen-bond acceptors (Lipinski definition) is 5. The van der Waals surface area contributed by atoms with E-state index in [0.717, 1.165) is 25.7 Å². The van der Waals surface area contributed by atoms with E-state index >= 15 is 0 Å². The summed E-state index contributed by atoms with van der Waals surface area (Å²) in [5.74, 6) is -2.12. The zero-order valence-electron chi connectivity index (χ0n) is 22.7. The van der Waals surface area contributed by atoms with Crippen LogP contribution in [0.3, 0.4) is 0 Å². The molecule has 2 saturated heterocycles. The highest BCUT2D eigenvalue weighted by Gasteiger charge is 2.48. The predicted octanol–water partition coefficient (Wildman–Crippen LogP) is 4.96. The Kier molecular flexibility index (Phi) is 9.05. The Morgan fingerprint density at radius 2 is 1.62 bits per heavy atom. The van der Waals surface area contributed by atoms with Crippen molar-refractivity contribution in [1.82, 2.24) is 15.2 Å². The molecule has 3 N–H and O–H groups in total. The second-order valence-electron chi connectivity index (χ2n) is 11.8. The normalized spacial score (nSPS) is 21.0. The molecule has 40 heavy (non-hydrogen) atoms. The third kappa shape index (κ3) is 6.93. The highest BCUT2D eigenvalue weighted by Crippen LogP contribution is 2.41. The van der Waals surface area contributed by atoms with E-state index in [1.807, 2.05) is 20.8 Å². The molecular weight excluding hydrogens is 555 g/mol. The summed E-state index contributed by atoms with van der Waals surface area (Å²) in [5.41, 5.74) is 0.986. The number of anilines is 1. The molecule has 3 aliphatic rings. The number of nitrogens with one attached hydrogen (secondary N) is 2. The molecule has 1 aliphatic carbocycles. The first-order valence-electron chi connectivity index (χ1n) is 13.4. The fraction of sp³-hybridized carbons (Fsp3) is 0.483. The summed E-state index contributed by atoms with van der Waals surface area (Å²) in [7, 11) is 0. The van der Waals surface area contributed by atoms with Crippen LogP contribution in [0.25, 0.3) is 0 Å². The lowest BCUT2D eigenvalue weighted by Gasteiger charge is -2.51. The topological polar surface area (TPSA) is 129 Å². The van der Waals surface area contributed by atoms with Crippen molar-refractivity contribution >= 4 is 52.6 Å². The van der Waals surface area contributed by atoms with Crippen molar-refractivity contribution in [2.24, 2.45) is 11.3 Å². The lowest BCUT2D eigenvalue weighted by atomic mass is 9.73. The predicted molar refractivity (Wildman–Crippen MR) is 152 cm³/mol. The molecule has 1 aromatic carbocycles. The van der Waals surface area contributed by atoms with Crippen LogP contribution in [0.1, 0.15) is 68.8 Å². The maximum atomic E-state index is 13.5. The number of carbonyl (C=O) groups excluding carboxylic acids is 3. The van der Waals surface area contributed by atoms with Gasteiger partial charge in [0.15, 0.2) is 0 Å². The number of benzene rings is 1. The Morgan fingerprint density at radius 1 is 1.02 bits per heavy atom.